The minimum atomic E-state index is -0.733. The molecule has 0 radical (unpaired) electrons. The number of carboxylic acid groups (broad SMARTS) is 1. The van der Waals surface area contributed by atoms with Crippen LogP contribution in [0.4, 0.5) is 0 Å². The van der Waals surface area contributed by atoms with Crippen LogP contribution < -0.4 is 5.73 Å². The fourth-order valence-electron chi connectivity index (χ4n) is 1.38. The van der Waals surface area contributed by atoms with Crippen LogP contribution in [0.2, 0.25) is 0 Å². The van der Waals surface area contributed by atoms with Crippen LogP contribution in [0, 0.1) is 0 Å². The molecule has 0 aliphatic rings. The van der Waals surface area contributed by atoms with E-state index in [1.807, 2.05) is 0 Å². The summed E-state index contributed by atoms with van der Waals surface area (Å²) in [5.74, 6) is -0.733. The van der Waals surface area contributed by atoms with E-state index in [1.54, 1.807) is 0 Å². The molecule has 6 heteroatoms. The topological polar surface area (TPSA) is 91.0 Å². The zero-order valence-corrected chi connectivity index (χ0v) is 11.6. The summed E-state index contributed by atoms with van der Waals surface area (Å²) in [5, 5.41) is 8.44. The minimum absolute atomic E-state index is 0.243. The first kappa shape index (κ1) is 18.3. The van der Waals surface area contributed by atoms with Gasteiger partial charge in [0.15, 0.2) is 0 Å². The third kappa shape index (κ3) is 17.3. The molecule has 0 heterocycles. The third-order valence-electron chi connectivity index (χ3n) is 2.42. The molecule has 0 fully saturated rings. The molecule has 114 valence electrons. The molecule has 19 heavy (non-hydrogen) atoms. The van der Waals surface area contributed by atoms with E-state index in [9.17, 15) is 4.79 Å². The molecule has 0 spiro atoms. The molecular formula is C13H27NO5. The Hall–Kier alpha value is -0.690. The number of hydrogen-bond acceptors (Lipinski definition) is 5. The summed E-state index contributed by atoms with van der Waals surface area (Å²) in [5.41, 5.74) is 5.33. The van der Waals surface area contributed by atoms with Crippen molar-refractivity contribution in [1.29, 1.82) is 0 Å². The molecular weight excluding hydrogens is 250 g/mol. The summed E-state index contributed by atoms with van der Waals surface area (Å²) in [6.45, 7) is 4.31. The van der Waals surface area contributed by atoms with Crippen LogP contribution in [0.15, 0.2) is 0 Å². The monoisotopic (exact) mass is 277 g/mol. The van der Waals surface area contributed by atoms with Gasteiger partial charge in [-0.15, -0.1) is 0 Å². The predicted molar refractivity (Wildman–Crippen MR) is 72.2 cm³/mol. The number of hydrogen-bond donors (Lipinski definition) is 2. The highest BCUT2D eigenvalue weighted by Crippen LogP contribution is 1.99. The second-order valence-electron chi connectivity index (χ2n) is 4.18. The molecule has 6 nitrogen and oxygen atoms in total. The van der Waals surface area contributed by atoms with E-state index in [-0.39, 0.29) is 6.42 Å². The van der Waals surface area contributed by atoms with Gasteiger partial charge in [0.05, 0.1) is 26.4 Å². The normalized spacial score (nSPS) is 10.8. The SMILES string of the molecule is NCCCOCCOCCOCCCCCC(=O)O. The molecule has 0 saturated carbocycles. The van der Waals surface area contributed by atoms with Crippen molar-refractivity contribution < 1.29 is 24.1 Å². The maximum Gasteiger partial charge on any atom is 0.303 e. The van der Waals surface area contributed by atoms with E-state index in [2.05, 4.69) is 0 Å². The Labute approximate surface area is 115 Å². The van der Waals surface area contributed by atoms with Crippen LogP contribution >= 0.6 is 0 Å². The lowest BCUT2D eigenvalue weighted by molar-refractivity contribution is -0.137. The van der Waals surface area contributed by atoms with Crippen molar-refractivity contribution in [2.75, 3.05) is 46.2 Å². The van der Waals surface area contributed by atoms with Gasteiger partial charge in [-0.2, -0.15) is 0 Å². The van der Waals surface area contributed by atoms with Crippen molar-refractivity contribution in [2.45, 2.75) is 32.1 Å². The van der Waals surface area contributed by atoms with Crippen molar-refractivity contribution in [3.05, 3.63) is 0 Å². The lowest BCUT2D eigenvalue weighted by Gasteiger charge is -2.06. The van der Waals surface area contributed by atoms with E-state index >= 15 is 0 Å². The standard InChI is InChI=1S/C13H27NO5/c14-6-4-8-18-10-12-19-11-9-17-7-3-1-2-5-13(15)16/h1-12,14H2,(H,15,16). The average molecular weight is 277 g/mol. The van der Waals surface area contributed by atoms with Crippen LogP contribution in [-0.4, -0.2) is 57.3 Å². The van der Waals surface area contributed by atoms with Crippen LogP contribution in [0.25, 0.3) is 0 Å². The molecule has 0 aromatic rings. The van der Waals surface area contributed by atoms with E-state index < -0.39 is 5.97 Å². The number of ether oxygens (including phenoxy) is 3. The van der Waals surface area contributed by atoms with E-state index in [1.165, 1.54) is 0 Å². The molecule has 0 aliphatic heterocycles. The predicted octanol–water partition coefficient (Wildman–Crippen LogP) is 1.03. The van der Waals surface area contributed by atoms with Gasteiger partial charge in [-0.1, -0.05) is 6.42 Å². The van der Waals surface area contributed by atoms with Gasteiger partial charge in [0.1, 0.15) is 0 Å². The van der Waals surface area contributed by atoms with Crippen molar-refractivity contribution in [3.8, 4) is 0 Å². The number of carbonyl (C=O) groups is 1. The Morgan fingerprint density at radius 1 is 0.789 bits per heavy atom. The molecule has 0 aromatic carbocycles. The van der Waals surface area contributed by atoms with Crippen molar-refractivity contribution in [1.82, 2.24) is 0 Å². The summed E-state index contributed by atoms with van der Waals surface area (Å²) >= 11 is 0. The van der Waals surface area contributed by atoms with Crippen LogP contribution in [0.3, 0.4) is 0 Å². The van der Waals surface area contributed by atoms with Crippen molar-refractivity contribution in [2.24, 2.45) is 5.73 Å². The number of nitrogens with two attached hydrogens (primary N) is 1. The first-order valence-corrected chi connectivity index (χ1v) is 6.92. The van der Waals surface area contributed by atoms with Gasteiger partial charge in [-0.05, 0) is 25.8 Å². The maximum atomic E-state index is 10.3. The Balaban J connectivity index is 2.93. The number of rotatable bonds is 15. The number of carboxylic acids is 1. The molecule has 0 amide bonds. The lowest BCUT2D eigenvalue weighted by atomic mass is 10.2. The maximum absolute atomic E-state index is 10.3. The van der Waals surface area contributed by atoms with Crippen molar-refractivity contribution >= 4 is 5.97 Å². The molecule has 0 aliphatic carbocycles. The largest absolute Gasteiger partial charge is 0.481 e. The van der Waals surface area contributed by atoms with Crippen LogP contribution in [-0.2, 0) is 19.0 Å². The zero-order chi connectivity index (χ0) is 14.2. The summed E-state index contributed by atoms with van der Waals surface area (Å²) in [4.78, 5) is 10.3. The molecule has 0 bridgehead atoms. The zero-order valence-electron chi connectivity index (χ0n) is 11.6. The molecule has 0 aromatic heterocycles. The van der Waals surface area contributed by atoms with Gasteiger partial charge >= 0.3 is 5.97 Å². The van der Waals surface area contributed by atoms with Gasteiger partial charge in [0.25, 0.3) is 0 Å². The van der Waals surface area contributed by atoms with Crippen molar-refractivity contribution in [3.63, 3.8) is 0 Å². The van der Waals surface area contributed by atoms with Gasteiger partial charge < -0.3 is 25.1 Å². The smallest absolute Gasteiger partial charge is 0.303 e. The summed E-state index contributed by atoms with van der Waals surface area (Å²) < 4.78 is 15.9. The fourth-order valence-corrected chi connectivity index (χ4v) is 1.38. The Morgan fingerprint density at radius 2 is 1.32 bits per heavy atom. The highest BCUT2D eigenvalue weighted by Gasteiger charge is 1.96. The summed E-state index contributed by atoms with van der Waals surface area (Å²) in [7, 11) is 0. The number of aliphatic carboxylic acids is 1. The quantitative estimate of drug-likeness (QED) is 0.434. The van der Waals surface area contributed by atoms with Gasteiger partial charge in [0.2, 0.25) is 0 Å². The molecule has 0 unspecified atom stereocenters. The molecule has 0 rings (SSSR count). The van der Waals surface area contributed by atoms with E-state index in [4.69, 9.17) is 25.1 Å². The Morgan fingerprint density at radius 3 is 1.84 bits per heavy atom. The Kier molecular flexibility index (Phi) is 14.8. The lowest BCUT2D eigenvalue weighted by Crippen LogP contribution is -2.11. The van der Waals surface area contributed by atoms with Gasteiger partial charge in [0, 0.05) is 19.6 Å². The van der Waals surface area contributed by atoms with E-state index in [0.29, 0.717) is 46.2 Å². The number of unbranched alkanes of at least 4 members (excludes halogenated alkanes) is 2. The van der Waals surface area contributed by atoms with Gasteiger partial charge in [-0.25, -0.2) is 0 Å². The molecule has 3 N–H and O–H groups in total. The highest BCUT2D eigenvalue weighted by atomic mass is 16.5. The first-order chi connectivity index (χ1) is 9.27. The Bertz CT molecular complexity index is 201. The van der Waals surface area contributed by atoms with Crippen LogP contribution in [0.1, 0.15) is 32.1 Å². The van der Waals surface area contributed by atoms with E-state index in [0.717, 1.165) is 25.7 Å². The molecule has 0 saturated heterocycles. The highest BCUT2D eigenvalue weighted by molar-refractivity contribution is 5.66. The third-order valence-corrected chi connectivity index (χ3v) is 2.42. The fraction of sp³-hybridized carbons (Fsp3) is 0.923. The average Bonchev–Trinajstić information content (AvgIpc) is 2.39. The van der Waals surface area contributed by atoms with Crippen LogP contribution in [0.5, 0.6) is 0 Å². The summed E-state index contributed by atoms with van der Waals surface area (Å²) in [6, 6.07) is 0. The van der Waals surface area contributed by atoms with Gasteiger partial charge in [-0.3, -0.25) is 4.79 Å². The molecule has 0 atom stereocenters. The minimum Gasteiger partial charge on any atom is -0.481 e. The second kappa shape index (κ2) is 15.4. The first-order valence-electron chi connectivity index (χ1n) is 6.92. The second-order valence-corrected chi connectivity index (χ2v) is 4.18. The summed E-state index contributed by atoms with van der Waals surface area (Å²) in [6.07, 6.45) is 3.63.